The van der Waals surface area contributed by atoms with Crippen LogP contribution in [0.5, 0.6) is 5.75 Å². The highest BCUT2D eigenvalue weighted by molar-refractivity contribution is 5.32. The van der Waals surface area contributed by atoms with E-state index in [1.54, 1.807) is 31.2 Å². The van der Waals surface area contributed by atoms with Gasteiger partial charge in [-0.3, -0.25) is 0 Å². The summed E-state index contributed by atoms with van der Waals surface area (Å²) in [5.74, 6) is -1.30. The van der Waals surface area contributed by atoms with Crippen LogP contribution in [0.3, 0.4) is 0 Å². The van der Waals surface area contributed by atoms with Gasteiger partial charge in [0, 0.05) is 0 Å². The summed E-state index contributed by atoms with van der Waals surface area (Å²) in [4.78, 5) is 0. The highest BCUT2D eigenvalue weighted by atomic mass is 19.2. The summed E-state index contributed by atoms with van der Waals surface area (Å²) in [5.41, 5.74) is 1.70. The Morgan fingerprint density at radius 3 is 1.94 bits per heavy atom. The Kier molecular flexibility index (Phi) is 8.77. The lowest BCUT2D eigenvalue weighted by Gasteiger charge is -2.32. The van der Waals surface area contributed by atoms with Gasteiger partial charge in [-0.2, -0.15) is 0 Å². The van der Waals surface area contributed by atoms with Crippen molar-refractivity contribution in [2.45, 2.75) is 95.9 Å². The number of ether oxygens (including phenoxy) is 2. The maximum Gasteiger partial charge on any atom is 0.165 e. The van der Waals surface area contributed by atoms with Crippen molar-refractivity contribution in [3.05, 3.63) is 64.5 Å². The second-order valence-electron chi connectivity index (χ2n) is 10.2. The van der Waals surface area contributed by atoms with E-state index in [1.165, 1.54) is 6.07 Å². The number of hydrogen-bond acceptors (Lipinski definition) is 3. The van der Waals surface area contributed by atoms with Crippen molar-refractivity contribution in [3.8, 4) is 5.75 Å². The summed E-state index contributed by atoms with van der Waals surface area (Å²) < 4.78 is 55.4. The summed E-state index contributed by atoms with van der Waals surface area (Å²) in [6.07, 6.45) is 5.93. The minimum absolute atomic E-state index is 0.0186. The maximum absolute atomic E-state index is 15.1. The van der Waals surface area contributed by atoms with Crippen molar-refractivity contribution in [2.24, 2.45) is 5.92 Å². The van der Waals surface area contributed by atoms with E-state index in [9.17, 15) is 9.50 Å². The van der Waals surface area contributed by atoms with Crippen molar-refractivity contribution in [2.75, 3.05) is 6.61 Å². The first-order chi connectivity index (χ1) is 16.9. The number of aliphatic hydroxyl groups excluding tert-OH is 1. The van der Waals surface area contributed by atoms with E-state index in [0.717, 1.165) is 56.9 Å². The van der Waals surface area contributed by atoms with Gasteiger partial charge in [-0.15, -0.1) is 0 Å². The predicted octanol–water partition coefficient (Wildman–Crippen LogP) is 7.40. The van der Waals surface area contributed by atoms with Crippen molar-refractivity contribution in [3.63, 3.8) is 0 Å². The molecular formula is C29H37F3O3. The van der Waals surface area contributed by atoms with E-state index in [-0.39, 0.29) is 35.7 Å². The van der Waals surface area contributed by atoms with E-state index in [4.69, 9.17) is 9.47 Å². The summed E-state index contributed by atoms with van der Waals surface area (Å²) in [5, 5.41) is 9.80. The molecule has 2 aromatic rings. The largest absolute Gasteiger partial charge is 0.491 e. The Morgan fingerprint density at radius 2 is 1.43 bits per heavy atom. The molecule has 0 spiro atoms. The van der Waals surface area contributed by atoms with E-state index < -0.39 is 17.5 Å². The number of rotatable bonds is 8. The Balaban J connectivity index is 1.30. The normalized spacial score (nSPS) is 25.9. The van der Waals surface area contributed by atoms with Crippen molar-refractivity contribution in [1.82, 2.24) is 0 Å². The van der Waals surface area contributed by atoms with Crippen molar-refractivity contribution >= 4 is 0 Å². The summed E-state index contributed by atoms with van der Waals surface area (Å²) >= 11 is 0. The van der Waals surface area contributed by atoms with Gasteiger partial charge in [0.25, 0.3) is 0 Å². The molecule has 1 atom stereocenters. The molecule has 3 nitrogen and oxygen atoms in total. The number of benzene rings is 2. The number of aliphatic hydroxyl groups is 1. The fourth-order valence-electron chi connectivity index (χ4n) is 5.78. The van der Waals surface area contributed by atoms with E-state index in [1.807, 2.05) is 6.92 Å². The Labute approximate surface area is 206 Å². The van der Waals surface area contributed by atoms with Crippen LogP contribution in [0, 0.1) is 23.4 Å². The molecule has 0 amide bonds. The lowest BCUT2D eigenvalue weighted by atomic mass is 9.76. The van der Waals surface area contributed by atoms with Crippen molar-refractivity contribution in [1.29, 1.82) is 0 Å². The smallest absolute Gasteiger partial charge is 0.165 e. The topological polar surface area (TPSA) is 38.7 Å². The zero-order valence-electron chi connectivity index (χ0n) is 20.7. The molecule has 0 radical (unpaired) electrons. The van der Waals surface area contributed by atoms with Crippen LogP contribution in [0.2, 0.25) is 0 Å². The molecule has 2 aliphatic carbocycles. The van der Waals surface area contributed by atoms with Gasteiger partial charge in [0.15, 0.2) is 23.2 Å². The third kappa shape index (κ3) is 6.21. The molecule has 4 rings (SSSR count). The quantitative estimate of drug-likeness (QED) is 0.419. The van der Waals surface area contributed by atoms with Crippen LogP contribution in [-0.2, 0) is 11.3 Å². The van der Waals surface area contributed by atoms with Gasteiger partial charge >= 0.3 is 0 Å². The van der Waals surface area contributed by atoms with Crippen LogP contribution < -0.4 is 4.74 Å². The average molecular weight is 491 g/mol. The van der Waals surface area contributed by atoms with E-state index in [0.29, 0.717) is 24.3 Å². The van der Waals surface area contributed by atoms with E-state index >= 15 is 8.78 Å². The van der Waals surface area contributed by atoms with E-state index in [2.05, 4.69) is 0 Å². The lowest BCUT2D eigenvalue weighted by molar-refractivity contribution is 0.0130. The molecule has 2 fully saturated rings. The Hall–Kier alpha value is -2.05. The second-order valence-corrected chi connectivity index (χ2v) is 10.2. The van der Waals surface area contributed by atoms with Crippen LogP contribution >= 0.6 is 0 Å². The molecule has 2 aromatic carbocycles. The highest BCUT2D eigenvalue weighted by Gasteiger charge is 2.30. The van der Waals surface area contributed by atoms with Gasteiger partial charge < -0.3 is 14.6 Å². The number of halogens is 3. The minimum atomic E-state index is -0.700. The van der Waals surface area contributed by atoms with Crippen LogP contribution in [0.15, 0.2) is 30.3 Å². The molecule has 0 aliphatic heterocycles. The van der Waals surface area contributed by atoms with Crippen LogP contribution in [-0.4, -0.2) is 23.9 Å². The monoisotopic (exact) mass is 490 g/mol. The molecule has 1 N–H and O–H groups in total. The predicted molar refractivity (Wildman–Crippen MR) is 130 cm³/mol. The van der Waals surface area contributed by atoms with Crippen LogP contribution in [0.1, 0.15) is 93.7 Å². The summed E-state index contributed by atoms with van der Waals surface area (Å²) in [6.45, 7) is 4.34. The highest BCUT2D eigenvalue weighted by Crippen LogP contribution is 2.41. The summed E-state index contributed by atoms with van der Waals surface area (Å²) in [6, 6.07) is 8.42. The third-order valence-corrected chi connectivity index (χ3v) is 7.93. The summed E-state index contributed by atoms with van der Waals surface area (Å²) in [7, 11) is 0. The molecule has 192 valence electrons. The molecule has 35 heavy (non-hydrogen) atoms. The number of hydrogen-bond donors (Lipinski definition) is 1. The Morgan fingerprint density at radius 1 is 0.857 bits per heavy atom. The SMILES string of the molecule is CCOc1ccc(COC2CCC(c3ccc(C4CCC(C(C)O)CC4)c(F)c3F)CC2)cc1F. The second kappa shape index (κ2) is 11.8. The minimum Gasteiger partial charge on any atom is -0.491 e. The Bertz CT molecular complexity index is 977. The zero-order chi connectivity index (χ0) is 24.9. The fourth-order valence-corrected chi connectivity index (χ4v) is 5.78. The molecular weight excluding hydrogens is 453 g/mol. The van der Waals surface area contributed by atoms with Gasteiger partial charge in [-0.25, -0.2) is 13.2 Å². The van der Waals surface area contributed by atoms with Crippen molar-refractivity contribution < 1.29 is 27.8 Å². The average Bonchev–Trinajstić information content (AvgIpc) is 2.86. The molecule has 6 heteroatoms. The molecule has 2 saturated carbocycles. The zero-order valence-corrected chi connectivity index (χ0v) is 20.7. The molecule has 1 unspecified atom stereocenters. The van der Waals surface area contributed by atoms with Crippen LogP contribution in [0.4, 0.5) is 13.2 Å². The molecule has 0 saturated heterocycles. The fraction of sp³-hybridized carbons (Fsp3) is 0.586. The van der Waals surface area contributed by atoms with Gasteiger partial charge in [0.2, 0.25) is 0 Å². The standard InChI is InChI=1S/C29H37F3O3/c1-3-34-27-15-4-19(16-26(27)30)17-35-23-11-9-22(10-12-23)25-14-13-24(28(31)29(25)32)21-7-5-20(6-8-21)18(2)33/h4,13-16,18,20-23,33H,3,5-12,17H2,1-2H3. The lowest BCUT2D eigenvalue weighted by Crippen LogP contribution is -2.23. The van der Waals surface area contributed by atoms with Gasteiger partial charge in [-0.1, -0.05) is 18.2 Å². The van der Waals surface area contributed by atoms with Crippen LogP contribution in [0.25, 0.3) is 0 Å². The molecule has 0 heterocycles. The third-order valence-electron chi connectivity index (χ3n) is 7.93. The first-order valence-electron chi connectivity index (χ1n) is 13.1. The molecule has 0 aromatic heterocycles. The molecule has 0 bridgehead atoms. The maximum atomic E-state index is 15.1. The van der Waals surface area contributed by atoms with Gasteiger partial charge in [0.1, 0.15) is 0 Å². The van der Waals surface area contributed by atoms with Gasteiger partial charge in [-0.05, 0) is 112 Å². The first-order valence-corrected chi connectivity index (χ1v) is 13.1. The molecule has 2 aliphatic rings. The van der Waals surface area contributed by atoms with Gasteiger partial charge in [0.05, 0.1) is 25.4 Å². The first kappa shape index (κ1) is 26.0.